The Hall–Kier alpha value is -1.33. The minimum atomic E-state index is 0.298. The second kappa shape index (κ2) is 6.21. The van der Waals surface area contributed by atoms with Gasteiger partial charge in [-0.3, -0.25) is 0 Å². The van der Waals surface area contributed by atoms with Crippen LogP contribution in [0.3, 0.4) is 0 Å². The van der Waals surface area contributed by atoms with Crippen molar-refractivity contribution in [1.82, 2.24) is 0 Å². The molecule has 19 heavy (non-hydrogen) atoms. The van der Waals surface area contributed by atoms with Crippen LogP contribution in [0.15, 0.2) is 18.2 Å². The lowest BCUT2D eigenvalue weighted by Gasteiger charge is -2.18. The number of anilines is 1. The molecule has 1 fully saturated rings. The fourth-order valence-corrected chi connectivity index (χ4v) is 2.47. The van der Waals surface area contributed by atoms with Crippen molar-refractivity contribution in [1.29, 1.82) is 0 Å². The van der Waals surface area contributed by atoms with Gasteiger partial charge in [0.05, 0.1) is 13.2 Å². The molecule has 0 aromatic heterocycles. The van der Waals surface area contributed by atoms with Crippen molar-refractivity contribution < 1.29 is 9.47 Å². The average Bonchev–Trinajstić information content (AvgIpc) is 2.81. The van der Waals surface area contributed by atoms with Crippen LogP contribution in [0, 0.1) is 5.92 Å². The number of benzene rings is 1. The summed E-state index contributed by atoms with van der Waals surface area (Å²) in [5, 5.41) is 3.41. The van der Waals surface area contributed by atoms with Gasteiger partial charge in [0.1, 0.15) is 10.7 Å². The molecule has 0 aliphatic carbocycles. The van der Waals surface area contributed by atoms with Gasteiger partial charge in [-0.25, -0.2) is 0 Å². The van der Waals surface area contributed by atoms with Crippen molar-refractivity contribution in [2.24, 2.45) is 11.7 Å². The molecule has 0 radical (unpaired) electrons. The Balaban J connectivity index is 2.10. The van der Waals surface area contributed by atoms with Gasteiger partial charge in [-0.2, -0.15) is 0 Å². The number of hydrogen-bond donors (Lipinski definition) is 2. The molecule has 4 nitrogen and oxygen atoms in total. The zero-order valence-electron chi connectivity index (χ0n) is 11.3. The lowest BCUT2D eigenvalue weighted by atomic mass is 10.0. The van der Waals surface area contributed by atoms with Crippen LogP contribution in [-0.4, -0.2) is 31.4 Å². The van der Waals surface area contributed by atoms with Gasteiger partial charge >= 0.3 is 0 Å². The highest BCUT2D eigenvalue weighted by Crippen LogP contribution is 2.25. The molecule has 2 rings (SSSR count). The van der Waals surface area contributed by atoms with Gasteiger partial charge in [0.15, 0.2) is 0 Å². The minimum Gasteiger partial charge on any atom is -0.497 e. The van der Waals surface area contributed by atoms with Crippen molar-refractivity contribution in [2.45, 2.75) is 19.4 Å². The number of thiocarbonyl (C=S) groups is 1. The van der Waals surface area contributed by atoms with Gasteiger partial charge < -0.3 is 20.5 Å². The molecule has 1 saturated heterocycles. The molecular weight excluding hydrogens is 260 g/mol. The summed E-state index contributed by atoms with van der Waals surface area (Å²) in [5.41, 5.74) is 7.51. The number of methoxy groups -OCH3 is 1. The summed E-state index contributed by atoms with van der Waals surface area (Å²) in [4.78, 5) is 0.390. The van der Waals surface area contributed by atoms with Crippen LogP contribution in [0.4, 0.5) is 5.69 Å². The van der Waals surface area contributed by atoms with E-state index in [9.17, 15) is 0 Å². The second-order valence-electron chi connectivity index (χ2n) is 4.78. The molecule has 0 bridgehead atoms. The van der Waals surface area contributed by atoms with E-state index in [2.05, 4.69) is 12.2 Å². The van der Waals surface area contributed by atoms with Crippen LogP contribution in [0.5, 0.6) is 5.75 Å². The maximum absolute atomic E-state index is 5.74. The largest absolute Gasteiger partial charge is 0.497 e. The van der Waals surface area contributed by atoms with Crippen LogP contribution < -0.4 is 15.8 Å². The first-order chi connectivity index (χ1) is 9.11. The summed E-state index contributed by atoms with van der Waals surface area (Å²) in [6.45, 7) is 3.80. The molecule has 1 aliphatic rings. The molecule has 0 amide bonds. The summed E-state index contributed by atoms with van der Waals surface area (Å²) >= 11 is 5.07. The summed E-state index contributed by atoms with van der Waals surface area (Å²) in [6.07, 6.45) is 1.38. The number of ether oxygens (including phenoxy) is 2. The predicted molar refractivity (Wildman–Crippen MR) is 80.9 cm³/mol. The van der Waals surface area contributed by atoms with E-state index in [0.717, 1.165) is 36.6 Å². The standard InChI is InChI=1S/C14H20N2O2S/c1-9-10(5-6-18-9)8-16-13-7-11(17-2)3-4-12(13)14(15)19/h3-4,7,9-10,16H,5-6,8H2,1-2H3,(H2,15,19). The van der Waals surface area contributed by atoms with Crippen LogP contribution in [-0.2, 0) is 4.74 Å². The Kier molecular flexibility index (Phi) is 4.61. The second-order valence-corrected chi connectivity index (χ2v) is 5.22. The van der Waals surface area contributed by atoms with Crippen molar-refractivity contribution >= 4 is 22.9 Å². The molecule has 5 heteroatoms. The van der Waals surface area contributed by atoms with E-state index in [-0.39, 0.29) is 0 Å². The van der Waals surface area contributed by atoms with E-state index in [1.165, 1.54) is 0 Å². The quantitative estimate of drug-likeness (QED) is 0.810. The third-order valence-electron chi connectivity index (χ3n) is 3.58. The summed E-state index contributed by atoms with van der Waals surface area (Å²) in [6, 6.07) is 5.67. The smallest absolute Gasteiger partial charge is 0.120 e. The molecule has 2 atom stereocenters. The van der Waals surface area contributed by atoms with Crippen molar-refractivity contribution in [2.75, 3.05) is 25.6 Å². The van der Waals surface area contributed by atoms with Gasteiger partial charge in [-0.1, -0.05) is 12.2 Å². The average molecular weight is 280 g/mol. The van der Waals surface area contributed by atoms with E-state index in [1.807, 2.05) is 18.2 Å². The summed E-state index contributed by atoms with van der Waals surface area (Å²) in [5.74, 6) is 1.31. The first-order valence-electron chi connectivity index (χ1n) is 6.45. The molecule has 0 spiro atoms. The third-order valence-corrected chi connectivity index (χ3v) is 3.80. The zero-order valence-corrected chi connectivity index (χ0v) is 12.1. The van der Waals surface area contributed by atoms with E-state index in [1.54, 1.807) is 7.11 Å². The summed E-state index contributed by atoms with van der Waals surface area (Å²) < 4.78 is 10.8. The maximum atomic E-state index is 5.74. The highest BCUT2D eigenvalue weighted by Gasteiger charge is 2.24. The highest BCUT2D eigenvalue weighted by atomic mass is 32.1. The monoisotopic (exact) mass is 280 g/mol. The normalized spacial score (nSPS) is 22.2. The van der Waals surface area contributed by atoms with E-state index in [4.69, 9.17) is 27.4 Å². The Bertz CT molecular complexity index is 465. The van der Waals surface area contributed by atoms with Crippen LogP contribution in [0.2, 0.25) is 0 Å². The van der Waals surface area contributed by atoms with E-state index >= 15 is 0 Å². The van der Waals surface area contributed by atoms with Gasteiger partial charge in [0, 0.05) is 36.4 Å². The maximum Gasteiger partial charge on any atom is 0.120 e. The molecule has 1 heterocycles. The first kappa shape index (κ1) is 14.1. The minimum absolute atomic E-state index is 0.298. The van der Waals surface area contributed by atoms with E-state index in [0.29, 0.717) is 17.0 Å². The number of nitrogens with one attached hydrogen (secondary N) is 1. The molecule has 3 N–H and O–H groups in total. The molecule has 1 aliphatic heterocycles. The molecule has 104 valence electrons. The van der Waals surface area contributed by atoms with Gasteiger partial charge in [-0.05, 0) is 25.5 Å². The molecule has 1 aromatic rings. The Morgan fingerprint density at radius 2 is 2.37 bits per heavy atom. The van der Waals surface area contributed by atoms with Crippen molar-refractivity contribution in [3.63, 3.8) is 0 Å². The van der Waals surface area contributed by atoms with E-state index < -0.39 is 0 Å². The molecular formula is C14H20N2O2S. The first-order valence-corrected chi connectivity index (χ1v) is 6.86. The summed E-state index contributed by atoms with van der Waals surface area (Å²) in [7, 11) is 1.65. The third kappa shape index (κ3) is 3.36. The fraction of sp³-hybridized carbons (Fsp3) is 0.500. The molecule has 1 aromatic carbocycles. The number of hydrogen-bond acceptors (Lipinski definition) is 4. The van der Waals surface area contributed by atoms with Crippen molar-refractivity contribution in [3.8, 4) is 5.75 Å². The van der Waals surface area contributed by atoms with Crippen LogP contribution in [0.1, 0.15) is 18.9 Å². The zero-order chi connectivity index (χ0) is 13.8. The van der Waals surface area contributed by atoms with Gasteiger partial charge in [0.25, 0.3) is 0 Å². The van der Waals surface area contributed by atoms with Gasteiger partial charge in [-0.15, -0.1) is 0 Å². The van der Waals surface area contributed by atoms with Gasteiger partial charge in [0.2, 0.25) is 0 Å². The number of rotatable bonds is 5. The molecule has 2 unspecified atom stereocenters. The SMILES string of the molecule is COc1ccc(C(N)=S)c(NCC2CCOC2C)c1. The Morgan fingerprint density at radius 1 is 1.58 bits per heavy atom. The lowest BCUT2D eigenvalue weighted by Crippen LogP contribution is -2.22. The van der Waals surface area contributed by atoms with Crippen LogP contribution in [0.25, 0.3) is 0 Å². The number of nitrogens with two attached hydrogens (primary N) is 1. The molecule has 0 saturated carbocycles. The highest BCUT2D eigenvalue weighted by molar-refractivity contribution is 7.80. The topological polar surface area (TPSA) is 56.5 Å². The van der Waals surface area contributed by atoms with Crippen LogP contribution >= 0.6 is 12.2 Å². The van der Waals surface area contributed by atoms with Crippen molar-refractivity contribution in [3.05, 3.63) is 23.8 Å². The lowest BCUT2D eigenvalue weighted by molar-refractivity contribution is 0.108. The Morgan fingerprint density at radius 3 is 2.95 bits per heavy atom. The Labute approximate surface area is 119 Å². The fourth-order valence-electron chi connectivity index (χ4n) is 2.30. The predicted octanol–water partition coefficient (Wildman–Crippen LogP) is 2.17.